The molecule has 0 heterocycles. The minimum Gasteiger partial charge on any atom is -0.486 e. The summed E-state index contributed by atoms with van der Waals surface area (Å²) in [5.74, 6) is 0.646. The van der Waals surface area contributed by atoms with E-state index in [-0.39, 0.29) is 6.10 Å². The number of halogens is 2. The lowest BCUT2D eigenvalue weighted by Gasteiger charge is -2.24. The van der Waals surface area contributed by atoms with Gasteiger partial charge in [-0.15, -0.1) is 0 Å². The van der Waals surface area contributed by atoms with E-state index >= 15 is 0 Å². The summed E-state index contributed by atoms with van der Waals surface area (Å²) in [6.07, 6.45) is 4.32. The lowest BCUT2D eigenvalue weighted by Crippen LogP contribution is -2.31. The van der Waals surface area contributed by atoms with Crippen molar-refractivity contribution in [1.82, 2.24) is 5.32 Å². The molecule has 2 atom stereocenters. The Balaban J connectivity index is 2.20. The molecule has 1 saturated carbocycles. The fourth-order valence-corrected chi connectivity index (χ4v) is 3.26. The number of hydrogen-bond acceptors (Lipinski definition) is 3. The Morgan fingerprint density at radius 2 is 2.00 bits per heavy atom. The third-order valence-corrected chi connectivity index (χ3v) is 4.34. The molecule has 1 aliphatic rings. The van der Waals surface area contributed by atoms with Gasteiger partial charge in [-0.1, -0.05) is 43.0 Å². The highest BCUT2D eigenvalue weighted by Crippen LogP contribution is 2.35. The second kappa shape index (κ2) is 8.23. The molecule has 2 N–H and O–H groups in total. The molecule has 21 heavy (non-hydrogen) atoms. The van der Waals surface area contributed by atoms with Crippen molar-refractivity contribution in [2.75, 3.05) is 6.54 Å². The van der Waals surface area contributed by atoms with Gasteiger partial charge in [0.15, 0.2) is 0 Å². The first-order chi connectivity index (χ1) is 10.1. The Kier molecular flexibility index (Phi) is 6.62. The number of aliphatic hydroxyl groups excluding tert-OH is 1. The summed E-state index contributed by atoms with van der Waals surface area (Å²) < 4.78 is 6.08. The molecule has 0 bridgehead atoms. The molecule has 0 radical (unpaired) electrons. The molecule has 1 aromatic rings. The van der Waals surface area contributed by atoms with Crippen molar-refractivity contribution in [1.29, 1.82) is 0 Å². The van der Waals surface area contributed by atoms with Crippen LogP contribution >= 0.6 is 23.2 Å². The standard InChI is InChI=1S/C16H23Cl2NO2/c1-2-19-10-11-8-12(17)9-13(18)16(11)21-15-7-5-3-4-6-14(15)20/h8-9,14-15,19-20H,2-7,10H2,1H3. The molecule has 2 unspecified atom stereocenters. The van der Waals surface area contributed by atoms with Crippen molar-refractivity contribution in [3.8, 4) is 5.75 Å². The fourth-order valence-electron chi connectivity index (χ4n) is 2.68. The van der Waals surface area contributed by atoms with Crippen LogP contribution < -0.4 is 10.1 Å². The quantitative estimate of drug-likeness (QED) is 0.795. The van der Waals surface area contributed by atoms with Crippen molar-refractivity contribution in [3.05, 3.63) is 27.7 Å². The second-order valence-electron chi connectivity index (χ2n) is 5.52. The van der Waals surface area contributed by atoms with E-state index in [4.69, 9.17) is 27.9 Å². The molecule has 0 saturated heterocycles. The van der Waals surface area contributed by atoms with Gasteiger partial charge in [0.25, 0.3) is 0 Å². The van der Waals surface area contributed by atoms with Crippen LogP contribution in [0.15, 0.2) is 12.1 Å². The second-order valence-corrected chi connectivity index (χ2v) is 6.36. The molecule has 118 valence electrons. The summed E-state index contributed by atoms with van der Waals surface area (Å²) in [6.45, 7) is 3.55. The first kappa shape index (κ1) is 16.9. The van der Waals surface area contributed by atoms with E-state index in [1.54, 1.807) is 6.07 Å². The predicted octanol–water partition coefficient (Wildman–Crippen LogP) is 4.18. The summed E-state index contributed by atoms with van der Waals surface area (Å²) in [6, 6.07) is 3.56. The van der Waals surface area contributed by atoms with Crippen LogP contribution in [0.5, 0.6) is 5.75 Å². The summed E-state index contributed by atoms with van der Waals surface area (Å²) >= 11 is 12.4. The predicted molar refractivity (Wildman–Crippen MR) is 87.4 cm³/mol. The van der Waals surface area contributed by atoms with Gasteiger partial charge in [0.1, 0.15) is 11.9 Å². The van der Waals surface area contributed by atoms with Gasteiger partial charge in [-0.3, -0.25) is 0 Å². The summed E-state index contributed by atoms with van der Waals surface area (Å²) in [5, 5.41) is 14.6. The van der Waals surface area contributed by atoms with Crippen LogP contribution in [0.25, 0.3) is 0 Å². The summed E-state index contributed by atoms with van der Waals surface area (Å²) in [5.41, 5.74) is 0.936. The third-order valence-electron chi connectivity index (χ3n) is 3.84. The van der Waals surface area contributed by atoms with E-state index < -0.39 is 6.10 Å². The van der Waals surface area contributed by atoms with Gasteiger partial charge in [-0.05, 0) is 37.9 Å². The molecule has 0 amide bonds. The zero-order chi connectivity index (χ0) is 15.2. The molecule has 0 spiro atoms. The first-order valence-corrected chi connectivity index (χ1v) is 8.40. The van der Waals surface area contributed by atoms with Crippen LogP contribution in [0, 0.1) is 0 Å². The average Bonchev–Trinajstić information content (AvgIpc) is 2.64. The number of nitrogens with one attached hydrogen (secondary N) is 1. The number of hydrogen-bond donors (Lipinski definition) is 2. The van der Waals surface area contributed by atoms with E-state index in [9.17, 15) is 5.11 Å². The highest BCUT2D eigenvalue weighted by Gasteiger charge is 2.25. The van der Waals surface area contributed by atoms with E-state index in [0.717, 1.165) is 44.2 Å². The molecule has 0 aromatic heterocycles. The highest BCUT2D eigenvalue weighted by atomic mass is 35.5. The first-order valence-electron chi connectivity index (χ1n) is 7.65. The molecule has 0 aliphatic heterocycles. The van der Waals surface area contributed by atoms with Crippen molar-refractivity contribution >= 4 is 23.2 Å². The summed E-state index contributed by atoms with van der Waals surface area (Å²) in [4.78, 5) is 0. The van der Waals surface area contributed by atoms with Gasteiger partial charge < -0.3 is 15.2 Å². The number of aliphatic hydroxyl groups is 1. The zero-order valence-corrected chi connectivity index (χ0v) is 13.9. The van der Waals surface area contributed by atoms with Crippen molar-refractivity contribution in [3.63, 3.8) is 0 Å². The van der Waals surface area contributed by atoms with Crippen LogP contribution in [0.2, 0.25) is 10.0 Å². The van der Waals surface area contributed by atoms with Crippen LogP contribution in [-0.2, 0) is 6.54 Å². The minimum atomic E-state index is -0.425. The van der Waals surface area contributed by atoms with Gasteiger partial charge in [-0.25, -0.2) is 0 Å². The van der Waals surface area contributed by atoms with Crippen LogP contribution in [0.1, 0.15) is 44.6 Å². The maximum absolute atomic E-state index is 10.2. The van der Waals surface area contributed by atoms with Crippen molar-refractivity contribution in [2.24, 2.45) is 0 Å². The smallest absolute Gasteiger partial charge is 0.143 e. The Labute approximate surface area is 136 Å². The monoisotopic (exact) mass is 331 g/mol. The SMILES string of the molecule is CCNCc1cc(Cl)cc(Cl)c1OC1CCCCCC1O. The van der Waals surface area contributed by atoms with Crippen LogP contribution in [-0.4, -0.2) is 23.9 Å². The van der Waals surface area contributed by atoms with E-state index in [1.807, 2.05) is 13.0 Å². The molecular formula is C16H23Cl2NO2. The topological polar surface area (TPSA) is 41.5 Å². The average molecular weight is 332 g/mol. The molecule has 3 nitrogen and oxygen atoms in total. The molecule has 5 heteroatoms. The minimum absolute atomic E-state index is 0.188. The molecule has 1 fully saturated rings. The summed E-state index contributed by atoms with van der Waals surface area (Å²) in [7, 11) is 0. The normalized spacial score (nSPS) is 22.9. The van der Waals surface area contributed by atoms with Gasteiger partial charge >= 0.3 is 0 Å². The number of benzene rings is 1. The van der Waals surface area contributed by atoms with Gasteiger partial charge in [0, 0.05) is 17.1 Å². The van der Waals surface area contributed by atoms with Crippen LogP contribution in [0.3, 0.4) is 0 Å². The van der Waals surface area contributed by atoms with Crippen molar-refractivity contribution in [2.45, 2.75) is 57.8 Å². The zero-order valence-electron chi connectivity index (χ0n) is 12.4. The van der Waals surface area contributed by atoms with Gasteiger partial charge in [0.2, 0.25) is 0 Å². The highest BCUT2D eigenvalue weighted by molar-refractivity contribution is 6.35. The largest absolute Gasteiger partial charge is 0.486 e. The molecule has 1 aliphatic carbocycles. The fraction of sp³-hybridized carbons (Fsp3) is 0.625. The lowest BCUT2D eigenvalue weighted by molar-refractivity contribution is 0.0314. The Hall–Kier alpha value is -0.480. The van der Waals surface area contributed by atoms with Crippen LogP contribution in [0.4, 0.5) is 0 Å². The maximum Gasteiger partial charge on any atom is 0.143 e. The maximum atomic E-state index is 10.2. The number of ether oxygens (including phenoxy) is 1. The van der Waals surface area contributed by atoms with E-state index in [0.29, 0.717) is 22.3 Å². The van der Waals surface area contributed by atoms with E-state index in [1.165, 1.54) is 0 Å². The van der Waals surface area contributed by atoms with Gasteiger partial charge in [0.05, 0.1) is 11.1 Å². The molecule has 1 aromatic carbocycles. The molecular weight excluding hydrogens is 309 g/mol. The van der Waals surface area contributed by atoms with Gasteiger partial charge in [-0.2, -0.15) is 0 Å². The lowest BCUT2D eigenvalue weighted by atomic mass is 10.1. The Morgan fingerprint density at radius 1 is 1.24 bits per heavy atom. The Morgan fingerprint density at radius 3 is 2.76 bits per heavy atom. The Bertz CT molecular complexity index is 468. The third kappa shape index (κ3) is 4.75. The van der Waals surface area contributed by atoms with Crippen molar-refractivity contribution < 1.29 is 9.84 Å². The molecule has 2 rings (SSSR count). The number of rotatable bonds is 5. The van der Waals surface area contributed by atoms with E-state index in [2.05, 4.69) is 5.32 Å².